The van der Waals surface area contributed by atoms with Crippen molar-refractivity contribution < 1.29 is 9.53 Å². The highest BCUT2D eigenvalue weighted by Crippen LogP contribution is 2.16. The molecule has 0 bridgehead atoms. The summed E-state index contributed by atoms with van der Waals surface area (Å²) < 4.78 is 5.65. The second-order valence-electron chi connectivity index (χ2n) is 6.39. The van der Waals surface area contributed by atoms with Crippen molar-refractivity contribution in [3.63, 3.8) is 0 Å². The monoisotopic (exact) mass is 494 g/mol. The van der Waals surface area contributed by atoms with Crippen molar-refractivity contribution in [1.82, 2.24) is 15.1 Å². The lowest BCUT2D eigenvalue weighted by atomic mass is 10.2. The van der Waals surface area contributed by atoms with Gasteiger partial charge in [0.15, 0.2) is 5.96 Å². The number of nitrogens with zero attached hydrogens (tertiary/aromatic N) is 3. The number of hydrogen-bond donors (Lipinski definition) is 1. The lowest BCUT2D eigenvalue weighted by Gasteiger charge is -2.24. The lowest BCUT2D eigenvalue weighted by Crippen LogP contribution is -2.42. The van der Waals surface area contributed by atoms with Gasteiger partial charge in [0.25, 0.3) is 0 Å². The van der Waals surface area contributed by atoms with Crippen LogP contribution in [-0.2, 0) is 16.1 Å². The first-order valence-electron chi connectivity index (χ1n) is 8.52. The van der Waals surface area contributed by atoms with Crippen LogP contribution in [-0.4, -0.2) is 68.6 Å². The zero-order valence-electron chi connectivity index (χ0n) is 15.6. The molecule has 1 N–H and O–H groups in total. The van der Waals surface area contributed by atoms with E-state index in [0.717, 1.165) is 30.0 Å². The summed E-state index contributed by atoms with van der Waals surface area (Å²) in [5.74, 6) is 0.633. The van der Waals surface area contributed by atoms with Gasteiger partial charge in [-0.05, 0) is 24.5 Å². The highest BCUT2D eigenvalue weighted by atomic mass is 127. The van der Waals surface area contributed by atoms with Crippen LogP contribution in [0.1, 0.15) is 18.4 Å². The molecule has 1 aliphatic heterocycles. The third kappa shape index (κ3) is 7.28. The molecule has 1 aromatic carbocycles. The minimum Gasteiger partial charge on any atom is -0.376 e. The maximum absolute atomic E-state index is 11.9. The maximum atomic E-state index is 11.9. The van der Waals surface area contributed by atoms with Gasteiger partial charge in [-0.3, -0.25) is 4.79 Å². The highest BCUT2D eigenvalue weighted by Gasteiger charge is 2.17. The molecule has 1 saturated heterocycles. The van der Waals surface area contributed by atoms with Gasteiger partial charge < -0.3 is 19.9 Å². The van der Waals surface area contributed by atoms with Crippen LogP contribution in [0.4, 0.5) is 0 Å². The van der Waals surface area contributed by atoms with Crippen molar-refractivity contribution in [3.8, 4) is 0 Å². The average Bonchev–Trinajstić information content (AvgIpc) is 3.10. The summed E-state index contributed by atoms with van der Waals surface area (Å²) in [6, 6.07) is 7.73. The molecular formula is C18H28ClIN4O2. The number of nitrogens with one attached hydrogen (secondary N) is 1. The lowest BCUT2D eigenvalue weighted by molar-refractivity contribution is -0.127. The molecular weight excluding hydrogens is 467 g/mol. The summed E-state index contributed by atoms with van der Waals surface area (Å²) in [5.41, 5.74) is 1.01. The van der Waals surface area contributed by atoms with Crippen LogP contribution in [0.15, 0.2) is 29.3 Å². The molecule has 0 saturated carbocycles. The van der Waals surface area contributed by atoms with E-state index < -0.39 is 0 Å². The molecule has 0 aliphatic carbocycles. The Kier molecular flexibility index (Phi) is 10.3. The van der Waals surface area contributed by atoms with Crippen LogP contribution in [0, 0.1) is 0 Å². The molecule has 26 heavy (non-hydrogen) atoms. The molecule has 1 amide bonds. The summed E-state index contributed by atoms with van der Waals surface area (Å²) in [5, 5.41) is 4.05. The third-order valence-corrected chi connectivity index (χ3v) is 4.47. The van der Waals surface area contributed by atoms with Crippen LogP contribution in [0.25, 0.3) is 0 Å². The molecule has 0 spiro atoms. The zero-order valence-corrected chi connectivity index (χ0v) is 18.7. The number of halogens is 2. The van der Waals surface area contributed by atoms with Crippen molar-refractivity contribution >= 4 is 47.4 Å². The van der Waals surface area contributed by atoms with Gasteiger partial charge in [-0.1, -0.05) is 29.8 Å². The molecule has 1 fully saturated rings. The van der Waals surface area contributed by atoms with Crippen molar-refractivity contribution in [2.45, 2.75) is 25.5 Å². The number of hydrogen-bond acceptors (Lipinski definition) is 3. The first-order chi connectivity index (χ1) is 12.0. The number of carbonyl (C=O) groups excluding carboxylic acids is 1. The van der Waals surface area contributed by atoms with Gasteiger partial charge in [0.2, 0.25) is 5.91 Å². The van der Waals surface area contributed by atoms with Crippen molar-refractivity contribution in [1.29, 1.82) is 0 Å². The van der Waals surface area contributed by atoms with E-state index in [1.54, 1.807) is 14.1 Å². The van der Waals surface area contributed by atoms with Gasteiger partial charge in [-0.25, -0.2) is 4.99 Å². The Hall–Kier alpha value is -1.06. The Bertz CT molecular complexity index is 607. The first-order valence-corrected chi connectivity index (χ1v) is 8.89. The van der Waals surface area contributed by atoms with E-state index in [0.29, 0.717) is 19.0 Å². The Labute approximate surface area is 177 Å². The summed E-state index contributed by atoms with van der Waals surface area (Å²) in [4.78, 5) is 19.9. The first kappa shape index (κ1) is 23.0. The summed E-state index contributed by atoms with van der Waals surface area (Å²) in [6.07, 6.45) is 2.34. The summed E-state index contributed by atoms with van der Waals surface area (Å²) >= 11 is 6.26. The van der Waals surface area contributed by atoms with Gasteiger partial charge in [-0.2, -0.15) is 0 Å². The van der Waals surface area contributed by atoms with Crippen LogP contribution in [0.2, 0.25) is 5.02 Å². The summed E-state index contributed by atoms with van der Waals surface area (Å²) in [7, 11) is 5.39. The second kappa shape index (κ2) is 11.6. The Morgan fingerprint density at radius 3 is 2.69 bits per heavy atom. The molecule has 1 atom stereocenters. The largest absolute Gasteiger partial charge is 0.376 e. The van der Waals surface area contributed by atoms with Crippen LogP contribution >= 0.6 is 35.6 Å². The number of benzene rings is 1. The zero-order chi connectivity index (χ0) is 18.2. The van der Waals surface area contributed by atoms with E-state index in [1.807, 2.05) is 36.2 Å². The molecule has 0 aromatic heterocycles. The fourth-order valence-corrected chi connectivity index (χ4v) is 2.76. The van der Waals surface area contributed by atoms with Gasteiger partial charge >= 0.3 is 0 Å². The molecule has 146 valence electrons. The Balaban J connectivity index is 0.00000338. The predicted octanol–water partition coefficient (Wildman–Crippen LogP) is 2.60. The molecule has 1 aliphatic rings. The summed E-state index contributed by atoms with van der Waals surface area (Å²) in [6.45, 7) is 2.20. The number of carbonyl (C=O) groups is 1. The smallest absolute Gasteiger partial charge is 0.243 e. The molecule has 1 unspecified atom stereocenters. The number of amides is 1. The second-order valence-corrected chi connectivity index (χ2v) is 6.80. The molecule has 1 aromatic rings. The van der Waals surface area contributed by atoms with Crippen molar-refractivity contribution in [2.75, 3.05) is 40.8 Å². The van der Waals surface area contributed by atoms with E-state index in [9.17, 15) is 4.79 Å². The molecule has 2 rings (SSSR count). The van der Waals surface area contributed by atoms with E-state index in [2.05, 4.69) is 10.3 Å². The number of ether oxygens (including phenoxy) is 1. The highest BCUT2D eigenvalue weighted by molar-refractivity contribution is 14.0. The van der Waals surface area contributed by atoms with Gasteiger partial charge in [0.05, 0.1) is 6.10 Å². The minimum atomic E-state index is -0.0393. The average molecular weight is 495 g/mol. The Morgan fingerprint density at radius 1 is 1.35 bits per heavy atom. The number of rotatable bonds is 6. The molecule has 6 nitrogen and oxygen atoms in total. The Morgan fingerprint density at radius 2 is 2.08 bits per heavy atom. The van der Waals surface area contributed by atoms with Crippen LogP contribution < -0.4 is 5.32 Å². The van der Waals surface area contributed by atoms with Gasteiger partial charge in [-0.15, -0.1) is 24.0 Å². The van der Waals surface area contributed by atoms with Gasteiger partial charge in [0, 0.05) is 45.9 Å². The van der Waals surface area contributed by atoms with E-state index in [4.69, 9.17) is 16.3 Å². The normalized spacial score (nSPS) is 16.8. The predicted molar refractivity (Wildman–Crippen MR) is 116 cm³/mol. The topological polar surface area (TPSA) is 57.2 Å². The van der Waals surface area contributed by atoms with E-state index >= 15 is 0 Å². The molecule has 0 radical (unpaired) electrons. The standard InChI is InChI=1S/C18H27ClN4O2.HI/c1-22(2)17(24)12-21-18(20-11-15-8-6-10-25-15)23(3)13-14-7-4-5-9-16(14)19;/h4-5,7,9,15H,6,8,10-13H2,1-3H3,(H,20,21);1H. The maximum Gasteiger partial charge on any atom is 0.243 e. The van der Waals surface area contributed by atoms with Crippen molar-refractivity contribution in [3.05, 3.63) is 34.9 Å². The number of aliphatic imine (C=N–C) groups is 1. The molecule has 8 heteroatoms. The van der Waals surface area contributed by atoms with Crippen LogP contribution in [0.5, 0.6) is 0 Å². The SMILES string of the molecule is CN(C)C(=O)CN=C(NCC1CCCO1)N(C)Cc1ccccc1Cl.I. The van der Waals surface area contributed by atoms with E-state index in [1.165, 1.54) is 4.90 Å². The minimum absolute atomic E-state index is 0. The molecule has 1 heterocycles. The fraction of sp³-hybridized carbons (Fsp3) is 0.556. The van der Waals surface area contributed by atoms with E-state index in [-0.39, 0.29) is 42.5 Å². The fourth-order valence-electron chi connectivity index (χ4n) is 2.56. The number of guanidine groups is 1. The van der Waals surface area contributed by atoms with Crippen LogP contribution in [0.3, 0.4) is 0 Å². The van der Waals surface area contributed by atoms with Gasteiger partial charge in [0.1, 0.15) is 6.54 Å². The number of likely N-dealkylation sites (N-methyl/N-ethyl adjacent to an activating group) is 1. The van der Waals surface area contributed by atoms with Crippen molar-refractivity contribution in [2.24, 2.45) is 4.99 Å². The third-order valence-electron chi connectivity index (χ3n) is 4.10. The quantitative estimate of drug-likeness (QED) is 0.375.